The van der Waals surface area contributed by atoms with Gasteiger partial charge in [-0.15, -0.1) is 0 Å². The number of benzene rings is 1. The van der Waals surface area contributed by atoms with Crippen molar-refractivity contribution in [2.45, 2.75) is 38.6 Å². The van der Waals surface area contributed by atoms with Gasteiger partial charge in [-0.05, 0) is 43.9 Å². The van der Waals surface area contributed by atoms with Gasteiger partial charge >= 0.3 is 7.12 Å². The number of nitrogens with zero attached hydrogens (tertiary/aromatic N) is 2. The minimum Gasteiger partial charge on any atom is -0.493 e. The first-order valence-electron chi connectivity index (χ1n) is 9.19. The summed E-state index contributed by atoms with van der Waals surface area (Å²) in [6.07, 6.45) is 0.630. The summed E-state index contributed by atoms with van der Waals surface area (Å²) in [5, 5.41) is 19.7. The Bertz CT molecular complexity index is 787. The molecule has 1 aromatic carbocycles. The van der Waals surface area contributed by atoms with Crippen LogP contribution >= 0.6 is 0 Å². The number of aromatic nitrogens is 2. The number of ether oxygens (including phenoxy) is 2. The van der Waals surface area contributed by atoms with Gasteiger partial charge in [0, 0.05) is 23.8 Å². The van der Waals surface area contributed by atoms with Gasteiger partial charge in [0.1, 0.15) is 0 Å². The molecule has 0 amide bonds. The predicted molar refractivity (Wildman–Crippen MR) is 102 cm³/mol. The van der Waals surface area contributed by atoms with E-state index >= 15 is 0 Å². The van der Waals surface area contributed by atoms with Gasteiger partial charge in [0.25, 0.3) is 0 Å². The Kier molecular flexibility index (Phi) is 6.31. The van der Waals surface area contributed by atoms with Crippen molar-refractivity contribution in [3.63, 3.8) is 0 Å². The largest absolute Gasteiger partial charge is 0.493 e. The summed E-state index contributed by atoms with van der Waals surface area (Å²) in [6.45, 7) is 4.68. The molecule has 1 aliphatic heterocycles. The van der Waals surface area contributed by atoms with E-state index in [9.17, 15) is 10.1 Å². The summed E-state index contributed by atoms with van der Waals surface area (Å²) in [6, 6.07) is 7.31. The average Bonchev–Trinajstić information content (AvgIpc) is 3.12. The first-order chi connectivity index (χ1) is 13.0. The molecular formula is C19H25BN2O5. The fraction of sp³-hybridized carbons (Fsp3) is 0.474. The standard InChI is InChI=1S/C19H25BN2O5/c1-4-7-26-18-8-13(5-6-17(18)25-3)19-21-15(12(2)23)9-16(22-19)14-10-20(24)27-11-14/h5-6,8-9,12,14,23-24H,4,7,10-11H2,1-3H3/t12-,14+/m0/s1. The van der Waals surface area contributed by atoms with E-state index in [1.54, 1.807) is 20.1 Å². The van der Waals surface area contributed by atoms with Crippen LogP contribution in [0.2, 0.25) is 6.32 Å². The Hall–Kier alpha value is -2.16. The second-order valence-corrected chi connectivity index (χ2v) is 6.65. The molecule has 0 radical (unpaired) electrons. The van der Waals surface area contributed by atoms with E-state index in [1.807, 2.05) is 25.1 Å². The van der Waals surface area contributed by atoms with Crippen LogP contribution in [0.4, 0.5) is 0 Å². The molecule has 2 aromatic rings. The van der Waals surface area contributed by atoms with Crippen LogP contribution in [0.25, 0.3) is 11.4 Å². The SMILES string of the molecule is CCCOc1cc(-c2nc([C@H]3COB(O)C3)cc([C@H](C)O)n2)ccc1OC. The molecule has 1 fully saturated rings. The Balaban J connectivity index is 2.01. The summed E-state index contributed by atoms with van der Waals surface area (Å²) in [5.74, 6) is 1.73. The molecule has 1 aromatic heterocycles. The molecule has 7 nitrogen and oxygen atoms in total. The lowest BCUT2D eigenvalue weighted by atomic mass is 9.81. The topological polar surface area (TPSA) is 93.9 Å². The minimum atomic E-state index is -0.779. The highest BCUT2D eigenvalue weighted by Crippen LogP contribution is 2.34. The van der Waals surface area contributed by atoms with Crippen molar-refractivity contribution < 1.29 is 24.3 Å². The van der Waals surface area contributed by atoms with Crippen LogP contribution in [0.15, 0.2) is 24.3 Å². The van der Waals surface area contributed by atoms with Crippen LogP contribution in [-0.2, 0) is 4.65 Å². The molecule has 2 heterocycles. The van der Waals surface area contributed by atoms with Crippen LogP contribution < -0.4 is 9.47 Å². The maximum absolute atomic E-state index is 10.1. The molecule has 2 N–H and O–H groups in total. The lowest BCUT2D eigenvalue weighted by Gasteiger charge is -2.15. The maximum atomic E-state index is 10.1. The van der Waals surface area contributed by atoms with Gasteiger partial charge in [0.15, 0.2) is 17.3 Å². The molecule has 0 unspecified atom stereocenters. The summed E-state index contributed by atoms with van der Waals surface area (Å²) in [4.78, 5) is 9.18. The number of aliphatic hydroxyl groups excluding tert-OH is 1. The molecule has 8 heteroatoms. The summed E-state index contributed by atoms with van der Waals surface area (Å²) in [5.41, 5.74) is 2.05. The monoisotopic (exact) mass is 372 g/mol. The van der Waals surface area contributed by atoms with Crippen molar-refractivity contribution in [2.24, 2.45) is 0 Å². The second-order valence-electron chi connectivity index (χ2n) is 6.65. The Morgan fingerprint density at radius 1 is 1.30 bits per heavy atom. The first-order valence-corrected chi connectivity index (χ1v) is 9.19. The highest BCUT2D eigenvalue weighted by molar-refractivity contribution is 6.43. The third-order valence-electron chi connectivity index (χ3n) is 4.47. The average molecular weight is 372 g/mol. The summed E-state index contributed by atoms with van der Waals surface area (Å²) < 4.78 is 16.4. The molecule has 0 saturated carbocycles. The quantitative estimate of drug-likeness (QED) is 0.722. The van der Waals surface area contributed by atoms with Crippen molar-refractivity contribution >= 4 is 7.12 Å². The van der Waals surface area contributed by atoms with Gasteiger partial charge in [-0.25, -0.2) is 9.97 Å². The Morgan fingerprint density at radius 3 is 2.74 bits per heavy atom. The third-order valence-corrected chi connectivity index (χ3v) is 4.47. The Morgan fingerprint density at radius 2 is 2.11 bits per heavy atom. The van der Waals surface area contributed by atoms with Crippen molar-refractivity contribution in [1.82, 2.24) is 9.97 Å². The molecular weight excluding hydrogens is 347 g/mol. The number of hydrogen-bond donors (Lipinski definition) is 2. The van der Waals surface area contributed by atoms with E-state index in [0.29, 0.717) is 42.6 Å². The number of methoxy groups -OCH3 is 1. The van der Waals surface area contributed by atoms with Gasteiger partial charge in [0.05, 0.1) is 25.5 Å². The van der Waals surface area contributed by atoms with E-state index in [4.69, 9.17) is 14.1 Å². The zero-order chi connectivity index (χ0) is 19.4. The fourth-order valence-electron chi connectivity index (χ4n) is 2.99. The van der Waals surface area contributed by atoms with Crippen LogP contribution in [0.3, 0.4) is 0 Å². The summed E-state index contributed by atoms with van der Waals surface area (Å²) >= 11 is 0. The normalized spacial score (nSPS) is 17.8. The van der Waals surface area contributed by atoms with Crippen molar-refractivity contribution in [3.8, 4) is 22.9 Å². The molecule has 144 valence electrons. The van der Waals surface area contributed by atoms with E-state index in [0.717, 1.165) is 17.7 Å². The smallest absolute Gasteiger partial charge is 0.454 e. The Labute approximate surface area is 159 Å². The van der Waals surface area contributed by atoms with Crippen molar-refractivity contribution in [2.75, 3.05) is 20.3 Å². The third kappa shape index (κ3) is 4.58. The van der Waals surface area contributed by atoms with Gasteiger partial charge in [-0.2, -0.15) is 0 Å². The highest BCUT2D eigenvalue weighted by atomic mass is 16.5. The van der Waals surface area contributed by atoms with Gasteiger partial charge in [-0.1, -0.05) is 6.92 Å². The molecule has 1 aliphatic rings. The lowest BCUT2D eigenvalue weighted by molar-refractivity contribution is 0.194. The van der Waals surface area contributed by atoms with Crippen molar-refractivity contribution in [3.05, 3.63) is 35.7 Å². The molecule has 0 aliphatic carbocycles. The molecule has 2 atom stereocenters. The van der Waals surface area contributed by atoms with Gasteiger partial charge in [0.2, 0.25) is 0 Å². The van der Waals surface area contributed by atoms with E-state index < -0.39 is 13.2 Å². The molecule has 3 rings (SSSR count). The van der Waals surface area contributed by atoms with Gasteiger partial charge < -0.3 is 24.3 Å². The van der Waals surface area contributed by atoms with E-state index in [2.05, 4.69) is 9.97 Å². The zero-order valence-electron chi connectivity index (χ0n) is 15.9. The highest BCUT2D eigenvalue weighted by Gasteiger charge is 2.31. The van der Waals surface area contributed by atoms with Crippen LogP contribution in [0.5, 0.6) is 11.5 Å². The second kappa shape index (κ2) is 8.69. The van der Waals surface area contributed by atoms with E-state index in [1.165, 1.54) is 0 Å². The predicted octanol–water partition coefficient (Wildman–Crippen LogP) is 2.59. The molecule has 27 heavy (non-hydrogen) atoms. The van der Waals surface area contributed by atoms with Gasteiger partial charge in [-0.3, -0.25) is 0 Å². The molecule has 0 bridgehead atoms. The number of rotatable bonds is 7. The first kappa shape index (κ1) is 19.6. The maximum Gasteiger partial charge on any atom is 0.454 e. The van der Waals surface area contributed by atoms with Crippen molar-refractivity contribution in [1.29, 1.82) is 0 Å². The number of hydrogen-bond acceptors (Lipinski definition) is 7. The fourth-order valence-corrected chi connectivity index (χ4v) is 2.99. The van der Waals surface area contributed by atoms with E-state index in [-0.39, 0.29) is 5.92 Å². The lowest BCUT2D eigenvalue weighted by Crippen LogP contribution is -2.09. The molecule has 0 spiro atoms. The molecule has 1 saturated heterocycles. The minimum absolute atomic E-state index is 0.0340. The van der Waals surface area contributed by atoms with Crippen LogP contribution in [0, 0.1) is 0 Å². The van der Waals surface area contributed by atoms with Crippen LogP contribution in [0.1, 0.15) is 43.7 Å². The summed E-state index contributed by atoms with van der Waals surface area (Å²) in [7, 11) is 0.820. The van der Waals surface area contributed by atoms with Crippen LogP contribution in [-0.4, -0.2) is 47.5 Å². The number of aliphatic hydroxyl groups is 1. The zero-order valence-corrected chi connectivity index (χ0v) is 15.9.